The van der Waals surface area contributed by atoms with Crippen molar-refractivity contribution in [2.75, 3.05) is 11.4 Å². The lowest BCUT2D eigenvalue weighted by Crippen LogP contribution is -2.34. The fourth-order valence-corrected chi connectivity index (χ4v) is 2.52. The molecule has 0 heterocycles. The van der Waals surface area contributed by atoms with Gasteiger partial charge < -0.3 is 4.90 Å². The number of unbranched alkanes of at least 4 members (excludes halogenated alkanes) is 1. The van der Waals surface area contributed by atoms with E-state index in [0.717, 1.165) is 41.5 Å². The SMILES string of the molecule is CCCCN(c1cc(Br)ccc1C(C)=O)C(C)CC. The average Bonchev–Trinajstić information content (AvgIpc) is 2.38. The summed E-state index contributed by atoms with van der Waals surface area (Å²) >= 11 is 3.51. The van der Waals surface area contributed by atoms with Crippen LogP contribution in [0, 0.1) is 0 Å². The Labute approximate surface area is 125 Å². The van der Waals surface area contributed by atoms with Gasteiger partial charge in [-0.1, -0.05) is 36.2 Å². The van der Waals surface area contributed by atoms with Gasteiger partial charge in [-0.05, 0) is 44.9 Å². The first-order valence-corrected chi connectivity index (χ1v) is 7.87. The molecule has 0 radical (unpaired) electrons. The molecule has 1 rings (SSSR count). The predicted molar refractivity (Wildman–Crippen MR) is 86.2 cm³/mol. The van der Waals surface area contributed by atoms with Crippen LogP contribution in [-0.4, -0.2) is 18.4 Å². The lowest BCUT2D eigenvalue weighted by molar-refractivity contribution is 0.101. The second-order valence-electron chi connectivity index (χ2n) is 5.02. The number of carbonyl (C=O) groups excluding carboxylic acids is 1. The van der Waals surface area contributed by atoms with Gasteiger partial charge in [0.25, 0.3) is 0 Å². The first-order valence-electron chi connectivity index (χ1n) is 7.08. The van der Waals surface area contributed by atoms with Crippen molar-refractivity contribution in [3.8, 4) is 0 Å². The lowest BCUT2D eigenvalue weighted by Gasteiger charge is -2.32. The summed E-state index contributed by atoms with van der Waals surface area (Å²) in [7, 11) is 0. The molecule has 0 aromatic heterocycles. The molecule has 0 aliphatic rings. The zero-order valence-corrected chi connectivity index (χ0v) is 14.0. The van der Waals surface area contributed by atoms with Crippen LogP contribution in [0.1, 0.15) is 57.3 Å². The largest absolute Gasteiger partial charge is 0.368 e. The number of halogens is 1. The highest BCUT2D eigenvalue weighted by atomic mass is 79.9. The Hall–Kier alpha value is -0.830. The monoisotopic (exact) mass is 325 g/mol. The molecule has 1 unspecified atom stereocenters. The number of hydrogen-bond donors (Lipinski definition) is 0. The standard InChI is InChI=1S/C16H24BrNO/c1-5-7-10-18(12(3)6-2)16-11-14(17)8-9-15(16)13(4)19/h8-9,11-12H,5-7,10H2,1-4H3. The minimum absolute atomic E-state index is 0.132. The van der Waals surface area contributed by atoms with Crippen LogP contribution in [0.15, 0.2) is 22.7 Å². The first kappa shape index (κ1) is 16.2. The van der Waals surface area contributed by atoms with Crippen molar-refractivity contribution in [3.63, 3.8) is 0 Å². The summed E-state index contributed by atoms with van der Waals surface area (Å²) in [5.41, 5.74) is 1.88. The molecule has 0 spiro atoms. The van der Waals surface area contributed by atoms with E-state index in [-0.39, 0.29) is 5.78 Å². The molecule has 2 nitrogen and oxygen atoms in total. The summed E-state index contributed by atoms with van der Waals surface area (Å²) in [6.07, 6.45) is 3.39. The van der Waals surface area contributed by atoms with E-state index in [4.69, 9.17) is 0 Å². The van der Waals surface area contributed by atoms with Crippen LogP contribution in [0.3, 0.4) is 0 Å². The van der Waals surface area contributed by atoms with E-state index in [9.17, 15) is 4.79 Å². The number of anilines is 1. The van der Waals surface area contributed by atoms with Crippen molar-refractivity contribution in [1.29, 1.82) is 0 Å². The molecule has 0 fully saturated rings. The van der Waals surface area contributed by atoms with Crippen molar-refractivity contribution in [1.82, 2.24) is 0 Å². The van der Waals surface area contributed by atoms with Gasteiger partial charge in [-0.2, -0.15) is 0 Å². The molecule has 3 heteroatoms. The van der Waals surface area contributed by atoms with Gasteiger partial charge in [0.2, 0.25) is 0 Å². The molecular weight excluding hydrogens is 302 g/mol. The molecule has 1 aromatic rings. The normalized spacial score (nSPS) is 12.3. The Kier molecular flexibility index (Phi) is 6.56. The maximum absolute atomic E-state index is 11.8. The molecule has 0 aliphatic carbocycles. The first-order chi connectivity index (χ1) is 9.01. The zero-order valence-electron chi connectivity index (χ0n) is 12.4. The van der Waals surface area contributed by atoms with Gasteiger partial charge in [0.05, 0.1) is 0 Å². The summed E-state index contributed by atoms with van der Waals surface area (Å²) in [4.78, 5) is 14.2. The molecule has 0 saturated carbocycles. The van der Waals surface area contributed by atoms with Crippen molar-refractivity contribution in [3.05, 3.63) is 28.2 Å². The minimum Gasteiger partial charge on any atom is -0.368 e. The van der Waals surface area contributed by atoms with Crippen LogP contribution >= 0.6 is 15.9 Å². The van der Waals surface area contributed by atoms with Crippen LogP contribution in [0.4, 0.5) is 5.69 Å². The van der Waals surface area contributed by atoms with Gasteiger partial charge in [0, 0.05) is 28.3 Å². The van der Waals surface area contributed by atoms with Gasteiger partial charge in [-0.15, -0.1) is 0 Å². The molecule has 19 heavy (non-hydrogen) atoms. The fourth-order valence-electron chi connectivity index (χ4n) is 2.17. The quantitative estimate of drug-likeness (QED) is 0.653. The number of Topliss-reactive ketones (excluding diaryl/α,β-unsaturated/α-hetero) is 1. The number of ketones is 1. The summed E-state index contributed by atoms with van der Waals surface area (Å²) in [5.74, 6) is 0.132. The van der Waals surface area contributed by atoms with E-state index in [1.165, 1.54) is 0 Å². The molecule has 0 N–H and O–H groups in total. The van der Waals surface area contributed by atoms with Crippen LogP contribution in [-0.2, 0) is 0 Å². The average molecular weight is 326 g/mol. The van der Waals surface area contributed by atoms with Crippen LogP contribution in [0.25, 0.3) is 0 Å². The summed E-state index contributed by atoms with van der Waals surface area (Å²) in [6, 6.07) is 6.37. The molecule has 106 valence electrons. The summed E-state index contributed by atoms with van der Waals surface area (Å²) < 4.78 is 1.03. The maximum Gasteiger partial charge on any atom is 0.161 e. The Morgan fingerprint density at radius 3 is 2.58 bits per heavy atom. The second-order valence-corrected chi connectivity index (χ2v) is 5.94. The predicted octanol–water partition coefficient (Wildman–Crippen LogP) is 5.06. The van der Waals surface area contributed by atoms with E-state index < -0.39 is 0 Å². The fraction of sp³-hybridized carbons (Fsp3) is 0.562. The zero-order chi connectivity index (χ0) is 14.4. The van der Waals surface area contributed by atoms with Gasteiger partial charge in [-0.25, -0.2) is 0 Å². The highest BCUT2D eigenvalue weighted by molar-refractivity contribution is 9.10. The Balaban J connectivity index is 3.19. The molecule has 0 saturated heterocycles. The van der Waals surface area contributed by atoms with E-state index in [1.54, 1.807) is 6.92 Å². The Morgan fingerprint density at radius 2 is 2.05 bits per heavy atom. The number of nitrogens with zero attached hydrogens (tertiary/aromatic N) is 1. The van der Waals surface area contributed by atoms with Crippen LogP contribution < -0.4 is 4.90 Å². The van der Waals surface area contributed by atoms with Crippen LogP contribution in [0.2, 0.25) is 0 Å². The number of hydrogen-bond acceptors (Lipinski definition) is 2. The number of rotatable bonds is 7. The molecule has 1 atom stereocenters. The number of carbonyl (C=O) groups is 1. The number of benzene rings is 1. The maximum atomic E-state index is 11.8. The van der Waals surface area contributed by atoms with Gasteiger partial charge in [0.1, 0.15) is 0 Å². The third kappa shape index (κ3) is 4.34. The van der Waals surface area contributed by atoms with Gasteiger partial charge in [0.15, 0.2) is 5.78 Å². The van der Waals surface area contributed by atoms with E-state index >= 15 is 0 Å². The van der Waals surface area contributed by atoms with Crippen molar-refractivity contribution in [2.24, 2.45) is 0 Å². The lowest BCUT2D eigenvalue weighted by atomic mass is 10.1. The molecule has 1 aromatic carbocycles. The molecule has 0 aliphatic heterocycles. The van der Waals surface area contributed by atoms with Gasteiger partial charge in [-0.3, -0.25) is 4.79 Å². The van der Waals surface area contributed by atoms with Crippen molar-refractivity contribution < 1.29 is 4.79 Å². The van der Waals surface area contributed by atoms with Gasteiger partial charge >= 0.3 is 0 Å². The Morgan fingerprint density at radius 1 is 1.37 bits per heavy atom. The topological polar surface area (TPSA) is 20.3 Å². The minimum atomic E-state index is 0.132. The summed E-state index contributed by atoms with van der Waals surface area (Å²) in [5, 5.41) is 0. The molecule has 0 bridgehead atoms. The molecular formula is C16H24BrNO. The van der Waals surface area contributed by atoms with E-state index in [2.05, 4.69) is 47.7 Å². The summed E-state index contributed by atoms with van der Waals surface area (Å²) in [6.45, 7) is 9.25. The Bertz CT molecular complexity index is 431. The van der Waals surface area contributed by atoms with Crippen molar-refractivity contribution in [2.45, 2.75) is 53.0 Å². The smallest absolute Gasteiger partial charge is 0.161 e. The highest BCUT2D eigenvalue weighted by Gasteiger charge is 2.18. The van der Waals surface area contributed by atoms with E-state index in [0.29, 0.717) is 6.04 Å². The van der Waals surface area contributed by atoms with E-state index in [1.807, 2.05) is 12.1 Å². The highest BCUT2D eigenvalue weighted by Crippen LogP contribution is 2.28. The molecule has 0 amide bonds. The third-order valence-electron chi connectivity index (χ3n) is 3.52. The second kappa shape index (κ2) is 7.68. The van der Waals surface area contributed by atoms with Crippen molar-refractivity contribution >= 4 is 27.4 Å². The van der Waals surface area contributed by atoms with Crippen LogP contribution in [0.5, 0.6) is 0 Å². The third-order valence-corrected chi connectivity index (χ3v) is 4.02.